The van der Waals surface area contributed by atoms with Crippen LogP contribution in [-0.2, 0) is 4.79 Å². The molecule has 1 aromatic rings. The fraction of sp³-hybridized carbons (Fsp3) is 0.500. The van der Waals surface area contributed by atoms with Crippen LogP contribution in [0.2, 0.25) is 0 Å². The number of nitrogens with zero attached hydrogens (tertiary/aromatic N) is 1. The Hall–Kier alpha value is -1.41. The van der Waals surface area contributed by atoms with E-state index >= 15 is 0 Å². The van der Waals surface area contributed by atoms with Crippen LogP contribution in [0.4, 0.5) is 0 Å². The number of carbonyl (C=O) groups excluding carboxylic acids is 1. The average Bonchev–Trinajstić information content (AvgIpc) is 2.68. The van der Waals surface area contributed by atoms with Gasteiger partial charge in [0.15, 0.2) is 5.78 Å². The van der Waals surface area contributed by atoms with Crippen molar-refractivity contribution in [2.75, 3.05) is 7.05 Å². The quantitative estimate of drug-likeness (QED) is 0.782. The zero-order valence-electron chi connectivity index (χ0n) is 12.4. The van der Waals surface area contributed by atoms with Gasteiger partial charge in [-0.05, 0) is 49.4 Å². The standard InChI is InChI=1S/C18H23NO/c1-3-7-14-11-17-18(20)15(12-16(14)19(17)2)10-13-8-5-4-6-9-13/h4-6,8-10,14,16-17H,3,7,11-12H2,1-2H3/b15-10+/t14-,16+,17-/m1/s1. The summed E-state index contributed by atoms with van der Waals surface area (Å²) in [6.45, 7) is 2.24. The summed E-state index contributed by atoms with van der Waals surface area (Å²) < 4.78 is 0. The lowest BCUT2D eigenvalue weighted by atomic mass is 9.90. The zero-order valence-corrected chi connectivity index (χ0v) is 12.4. The molecule has 0 spiro atoms. The third-order valence-corrected chi connectivity index (χ3v) is 4.93. The highest BCUT2D eigenvalue weighted by Gasteiger charge is 2.46. The minimum absolute atomic E-state index is 0.125. The normalized spacial score (nSPS) is 32.0. The van der Waals surface area contributed by atoms with E-state index in [9.17, 15) is 4.79 Å². The lowest BCUT2D eigenvalue weighted by molar-refractivity contribution is -0.121. The van der Waals surface area contributed by atoms with Crippen LogP contribution in [0.25, 0.3) is 6.08 Å². The molecular weight excluding hydrogens is 246 g/mol. The maximum atomic E-state index is 12.6. The van der Waals surface area contributed by atoms with Crippen LogP contribution in [0.5, 0.6) is 0 Å². The minimum atomic E-state index is 0.125. The van der Waals surface area contributed by atoms with Crippen molar-refractivity contribution in [3.63, 3.8) is 0 Å². The highest BCUT2D eigenvalue weighted by atomic mass is 16.1. The third kappa shape index (κ3) is 2.33. The molecule has 0 aromatic heterocycles. The summed E-state index contributed by atoms with van der Waals surface area (Å²) in [7, 11) is 2.13. The van der Waals surface area contributed by atoms with Gasteiger partial charge in [0.05, 0.1) is 6.04 Å². The number of benzene rings is 1. The van der Waals surface area contributed by atoms with Crippen molar-refractivity contribution in [1.29, 1.82) is 0 Å². The molecule has 3 rings (SSSR count). The second-order valence-corrected chi connectivity index (χ2v) is 6.18. The van der Waals surface area contributed by atoms with Crippen molar-refractivity contribution in [2.45, 2.75) is 44.7 Å². The van der Waals surface area contributed by atoms with E-state index in [-0.39, 0.29) is 6.04 Å². The number of rotatable bonds is 3. The van der Waals surface area contributed by atoms with E-state index in [0.29, 0.717) is 17.7 Å². The Morgan fingerprint density at radius 2 is 2.05 bits per heavy atom. The Morgan fingerprint density at radius 1 is 1.30 bits per heavy atom. The molecule has 1 aromatic carbocycles. The molecule has 20 heavy (non-hydrogen) atoms. The highest BCUT2D eigenvalue weighted by molar-refractivity contribution is 6.04. The van der Waals surface area contributed by atoms with E-state index in [1.807, 2.05) is 18.2 Å². The summed E-state index contributed by atoms with van der Waals surface area (Å²) >= 11 is 0. The second kappa shape index (κ2) is 5.53. The summed E-state index contributed by atoms with van der Waals surface area (Å²) in [6.07, 6.45) is 6.54. The predicted octanol–water partition coefficient (Wildman–Crippen LogP) is 3.53. The lowest BCUT2D eigenvalue weighted by Gasteiger charge is -2.33. The monoisotopic (exact) mass is 269 g/mol. The van der Waals surface area contributed by atoms with Crippen molar-refractivity contribution in [1.82, 2.24) is 4.90 Å². The van der Waals surface area contributed by atoms with Gasteiger partial charge in [0.1, 0.15) is 0 Å². The number of hydrogen-bond acceptors (Lipinski definition) is 2. The van der Waals surface area contributed by atoms with Crippen LogP contribution < -0.4 is 0 Å². The first-order chi connectivity index (χ1) is 9.70. The Labute approximate surface area is 121 Å². The van der Waals surface area contributed by atoms with Gasteiger partial charge in [0, 0.05) is 6.04 Å². The SMILES string of the molecule is CCC[C@@H]1C[C@@H]2C(=O)/C(=C/c3ccccc3)C[C@@H]1N2C. The molecule has 2 heteroatoms. The minimum Gasteiger partial charge on any atom is -0.293 e. The molecule has 2 saturated heterocycles. The van der Waals surface area contributed by atoms with Crippen molar-refractivity contribution in [3.8, 4) is 0 Å². The van der Waals surface area contributed by atoms with Gasteiger partial charge in [0.2, 0.25) is 0 Å². The van der Waals surface area contributed by atoms with E-state index in [1.165, 1.54) is 12.8 Å². The molecule has 0 amide bonds. The third-order valence-electron chi connectivity index (χ3n) is 4.93. The summed E-state index contributed by atoms with van der Waals surface area (Å²) in [6, 6.07) is 10.9. The molecule has 2 fully saturated rings. The van der Waals surface area contributed by atoms with E-state index in [4.69, 9.17) is 0 Å². The molecule has 2 nitrogen and oxygen atoms in total. The number of carbonyl (C=O) groups is 1. The Morgan fingerprint density at radius 3 is 2.75 bits per heavy atom. The predicted molar refractivity (Wildman–Crippen MR) is 82.4 cm³/mol. The first-order valence-electron chi connectivity index (χ1n) is 7.72. The molecule has 0 N–H and O–H groups in total. The van der Waals surface area contributed by atoms with E-state index in [2.05, 4.69) is 37.1 Å². The second-order valence-electron chi connectivity index (χ2n) is 6.18. The molecule has 106 valence electrons. The lowest BCUT2D eigenvalue weighted by Crippen LogP contribution is -2.44. The van der Waals surface area contributed by atoms with Gasteiger partial charge >= 0.3 is 0 Å². The molecule has 2 bridgehead atoms. The van der Waals surface area contributed by atoms with Gasteiger partial charge in [-0.15, -0.1) is 0 Å². The molecule has 2 aliphatic rings. The number of hydrogen-bond donors (Lipinski definition) is 0. The van der Waals surface area contributed by atoms with Crippen LogP contribution >= 0.6 is 0 Å². The Kier molecular flexibility index (Phi) is 3.75. The summed E-state index contributed by atoms with van der Waals surface area (Å²) in [5.41, 5.74) is 2.18. The maximum Gasteiger partial charge on any atom is 0.176 e. The molecule has 0 saturated carbocycles. The van der Waals surface area contributed by atoms with E-state index in [0.717, 1.165) is 24.0 Å². The van der Waals surface area contributed by atoms with Crippen molar-refractivity contribution >= 4 is 11.9 Å². The van der Waals surface area contributed by atoms with Gasteiger partial charge in [0.25, 0.3) is 0 Å². The largest absolute Gasteiger partial charge is 0.293 e. The van der Waals surface area contributed by atoms with E-state index < -0.39 is 0 Å². The number of likely N-dealkylation sites (N-methyl/N-ethyl adjacent to an activating group) is 1. The van der Waals surface area contributed by atoms with Gasteiger partial charge < -0.3 is 0 Å². The van der Waals surface area contributed by atoms with Crippen LogP contribution in [0.1, 0.15) is 38.2 Å². The molecule has 0 radical (unpaired) electrons. The van der Waals surface area contributed by atoms with Crippen molar-refractivity contribution in [2.24, 2.45) is 5.92 Å². The van der Waals surface area contributed by atoms with Crippen LogP contribution in [0.3, 0.4) is 0 Å². The number of Topliss-reactive ketones (excluding diaryl/α,β-unsaturated/α-hetero) is 1. The van der Waals surface area contributed by atoms with Crippen molar-refractivity contribution in [3.05, 3.63) is 41.5 Å². The molecule has 2 aliphatic heterocycles. The summed E-state index contributed by atoms with van der Waals surface area (Å²) in [4.78, 5) is 15.0. The first-order valence-corrected chi connectivity index (χ1v) is 7.72. The van der Waals surface area contributed by atoms with Gasteiger partial charge in [-0.2, -0.15) is 0 Å². The van der Waals surface area contributed by atoms with Gasteiger partial charge in [-0.25, -0.2) is 0 Å². The van der Waals surface area contributed by atoms with Crippen molar-refractivity contribution < 1.29 is 4.79 Å². The molecule has 3 atom stereocenters. The molecular formula is C18H23NO. The topological polar surface area (TPSA) is 20.3 Å². The first kappa shape index (κ1) is 13.6. The summed E-state index contributed by atoms with van der Waals surface area (Å²) in [5, 5.41) is 0. The van der Waals surface area contributed by atoms with Crippen LogP contribution in [0.15, 0.2) is 35.9 Å². The highest BCUT2D eigenvalue weighted by Crippen LogP contribution is 2.41. The fourth-order valence-corrected chi connectivity index (χ4v) is 3.88. The van der Waals surface area contributed by atoms with Crippen LogP contribution in [0, 0.1) is 5.92 Å². The van der Waals surface area contributed by atoms with E-state index in [1.54, 1.807) is 0 Å². The number of fused-ring (bicyclic) bond motifs is 2. The Bertz CT molecular complexity index is 519. The van der Waals surface area contributed by atoms with Gasteiger partial charge in [-0.3, -0.25) is 9.69 Å². The fourth-order valence-electron chi connectivity index (χ4n) is 3.88. The van der Waals surface area contributed by atoms with Crippen LogP contribution in [-0.4, -0.2) is 29.8 Å². The summed E-state index contributed by atoms with van der Waals surface area (Å²) in [5.74, 6) is 1.05. The Balaban J connectivity index is 1.86. The zero-order chi connectivity index (χ0) is 14.1. The number of piperidine rings is 1. The molecule has 2 heterocycles. The number of ketones is 1. The maximum absolute atomic E-state index is 12.6. The molecule has 0 aliphatic carbocycles. The van der Waals surface area contributed by atoms with Gasteiger partial charge in [-0.1, -0.05) is 43.7 Å². The smallest absolute Gasteiger partial charge is 0.176 e. The molecule has 0 unspecified atom stereocenters. The average molecular weight is 269 g/mol.